The van der Waals surface area contributed by atoms with Crippen LogP contribution in [0.25, 0.3) is 16.9 Å². The molecule has 0 bridgehead atoms. The Morgan fingerprint density at radius 2 is 1.85 bits per heavy atom. The number of hydrogen-bond donors (Lipinski definition) is 3. The number of nitrogens with zero attached hydrogens (tertiary/aromatic N) is 3. The summed E-state index contributed by atoms with van der Waals surface area (Å²) >= 11 is 0. The van der Waals surface area contributed by atoms with E-state index in [9.17, 15) is 14.9 Å². The van der Waals surface area contributed by atoms with E-state index in [1.165, 1.54) is 21.7 Å². The number of aliphatic imine (C=N–C) groups is 1. The smallest absolute Gasteiger partial charge is 0.280 e. The van der Waals surface area contributed by atoms with Gasteiger partial charge in [0.25, 0.3) is 11.2 Å². The molecule has 0 aliphatic carbocycles. The molecule has 10 heteroatoms. The maximum absolute atomic E-state index is 13.5. The molecule has 4 rings (SSSR count). The Hall–Kier alpha value is -3.76. The molecule has 0 amide bonds. The number of H-pyrrole nitrogens is 1. The number of rotatable bonds is 8. The zero-order chi connectivity index (χ0) is 24.1. The van der Waals surface area contributed by atoms with Gasteiger partial charge in [0.1, 0.15) is 31.9 Å². The lowest BCUT2D eigenvalue weighted by molar-refractivity contribution is -0.945. The van der Waals surface area contributed by atoms with Crippen LogP contribution in [0.4, 0.5) is 5.69 Å². The Morgan fingerprint density at radius 3 is 2.47 bits per heavy atom. The number of nitro benzene ring substituents is 1. The number of nitrogens with two attached hydrogens (primary N) is 1. The van der Waals surface area contributed by atoms with Gasteiger partial charge in [-0.3, -0.25) is 25.0 Å². The fourth-order valence-electron chi connectivity index (χ4n) is 4.24. The minimum Gasteiger partial charge on any atom is -0.497 e. The molecule has 1 aliphatic heterocycles. The van der Waals surface area contributed by atoms with Gasteiger partial charge in [-0.15, -0.1) is 0 Å². The van der Waals surface area contributed by atoms with Gasteiger partial charge < -0.3 is 15.0 Å². The lowest BCUT2D eigenvalue weighted by Crippen LogP contribution is -3.20. The second-order valence-electron chi connectivity index (χ2n) is 8.34. The van der Waals surface area contributed by atoms with Crippen LogP contribution in [0.3, 0.4) is 0 Å². The number of piperazine rings is 1. The van der Waals surface area contributed by atoms with Crippen molar-refractivity contribution in [1.29, 1.82) is 0 Å². The largest absolute Gasteiger partial charge is 0.497 e. The molecule has 1 saturated heterocycles. The van der Waals surface area contributed by atoms with E-state index in [2.05, 4.69) is 10.4 Å². The number of benzene rings is 2. The number of nitrogens with one attached hydrogen (secondary N) is 2. The number of quaternary nitrogens is 2. The Kier molecular flexibility index (Phi) is 7.19. The van der Waals surface area contributed by atoms with E-state index in [1.54, 1.807) is 19.2 Å². The molecule has 0 atom stereocenters. The van der Waals surface area contributed by atoms with Gasteiger partial charge in [0.05, 0.1) is 42.1 Å². The molecule has 10 nitrogen and oxygen atoms in total. The molecule has 2 aromatic carbocycles. The summed E-state index contributed by atoms with van der Waals surface area (Å²) in [6.45, 7) is 7.97. The van der Waals surface area contributed by atoms with Crippen LogP contribution in [0.2, 0.25) is 0 Å². The molecule has 0 unspecified atom stereocenters. The Bertz CT molecular complexity index is 1220. The average molecular weight is 467 g/mol. The highest BCUT2D eigenvalue weighted by molar-refractivity contribution is 6.03. The van der Waals surface area contributed by atoms with Crippen molar-refractivity contribution in [3.8, 4) is 22.7 Å². The van der Waals surface area contributed by atoms with Crippen molar-refractivity contribution < 1.29 is 19.9 Å². The SMILES string of the molecule is COc1ccc(-c2[nH]n(-c3ccc([N+](=O)[O-])cc3)c(=O)c2C(C)=NCC[NH+]2CC[NH2+]CC2)cc1. The lowest BCUT2D eigenvalue weighted by Gasteiger charge is -2.21. The molecule has 0 saturated carbocycles. The molecule has 0 radical (unpaired) electrons. The number of aromatic nitrogens is 2. The first kappa shape index (κ1) is 23.4. The standard InChI is InChI=1S/C24H28N6O4/c1-17(26-13-16-28-14-11-25-12-15-28)22-23(18-3-9-21(34-2)10-4-18)27-29(24(22)31)19-5-7-20(8-6-19)30(32)33/h3-10,25,27H,11-16H2,1-2H3/p+2. The first-order chi connectivity index (χ1) is 16.5. The van der Waals surface area contributed by atoms with Gasteiger partial charge in [-0.25, -0.2) is 4.68 Å². The molecule has 2 heterocycles. The maximum Gasteiger partial charge on any atom is 0.280 e. The second-order valence-corrected chi connectivity index (χ2v) is 8.34. The van der Waals surface area contributed by atoms with Crippen LogP contribution in [0, 0.1) is 10.1 Å². The van der Waals surface area contributed by atoms with Crippen molar-refractivity contribution in [2.45, 2.75) is 6.92 Å². The Balaban J connectivity index is 1.70. The van der Waals surface area contributed by atoms with E-state index in [1.807, 2.05) is 31.2 Å². The van der Waals surface area contributed by atoms with Crippen LogP contribution in [0.1, 0.15) is 12.5 Å². The highest BCUT2D eigenvalue weighted by Gasteiger charge is 2.20. The highest BCUT2D eigenvalue weighted by Crippen LogP contribution is 2.24. The first-order valence-corrected chi connectivity index (χ1v) is 11.4. The predicted molar refractivity (Wildman–Crippen MR) is 129 cm³/mol. The van der Waals surface area contributed by atoms with E-state index in [4.69, 9.17) is 9.73 Å². The summed E-state index contributed by atoms with van der Waals surface area (Å²) in [6, 6.07) is 13.3. The molecule has 4 N–H and O–H groups in total. The van der Waals surface area contributed by atoms with Gasteiger partial charge >= 0.3 is 0 Å². The fraction of sp³-hybridized carbons (Fsp3) is 0.333. The molecule has 0 spiro atoms. The van der Waals surface area contributed by atoms with E-state index in [0.29, 0.717) is 29.2 Å². The summed E-state index contributed by atoms with van der Waals surface area (Å²) in [4.78, 5) is 30.3. The third-order valence-electron chi connectivity index (χ3n) is 6.17. The molecule has 3 aromatic rings. The van der Waals surface area contributed by atoms with Crippen LogP contribution >= 0.6 is 0 Å². The third-order valence-corrected chi connectivity index (χ3v) is 6.17. The summed E-state index contributed by atoms with van der Waals surface area (Å²) in [6.07, 6.45) is 0. The van der Waals surface area contributed by atoms with Crippen LogP contribution < -0.4 is 20.5 Å². The van der Waals surface area contributed by atoms with E-state index >= 15 is 0 Å². The van der Waals surface area contributed by atoms with Gasteiger partial charge in [0.15, 0.2) is 0 Å². The molecular weight excluding hydrogens is 436 g/mol. The van der Waals surface area contributed by atoms with Crippen molar-refractivity contribution in [3.63, 3.8) is 0 Å². The molecule has 34 heavy (non-hydrogen) atoms. The van der Waals surface area contributed by atoms with Crippen molar-refractivity contribution in [3.05, 3.63) is 74.6 Å². The van der Waals surface area contributed by atoms with E-state index in [-0.39, 0.29) is 11.2 Å². The maximum atomic E-state index is 13.5. The molecule has 1 aliphatic rings. The highest BCUT2D eigenvalue weighted by atomic mass is 16.6. The zero-order valence-electron chi connectivity index (χ0n) is 19.4. The minimum atomic E-state index is -0.464. The van der Waals surface area contributed by atoms with E-state index < -0.39 is 4.92 Å². The van der Waals surface area contributed by atoms with Crippen LogP contribution in [-0.2, 0) is 0 Å². The molecule has 1 fully saturated rings. The number of non-ortho nitro benzene ring substituents is 1. The minimum absolute atomic E-state index is 0.0329. The zero-order valence-corrected chi connectivity index (χ0v) is 19.4. The van der Waals surface area contributed by atoms with Gasteiger partial charge in [-0.2, -0.15) is 0 Å². The number of methoxy groups -OCH3 is 1. The fourth-order valence-corrected chi connectivity index (χ4v) is 4.24. The van der Waals surface area contributed by atoms with Crippen molar-refractivity contribution >= 4 is 11.4 Å². The first-order valence-electron chi connectivity index (χ1n) is 11.4. The summed E-state index contributed by atoms with van der Waals surface area (Å²) in [7, 11) is 1.60. The molecule has 1 aromatic heterocycles. The summed E-state index contributed by atoms with van der Waals surface area (Å²) in [5.74, 6) is 0.717. The van der Waals surface area contributed by atoms with Crippen molar-refractivity contribution in [2.24, 2.45) is 4.99 Å². The van der Waals surface area contributed by atoms with Gasteiger partial charge in [0.2, 0.25) is 0 Å². The van der Waals surface area contributed by atoms with Crippen LogP contribution in [0.5, 0.6) is 5.75 Å². The number of aromatic amines is 1. The summed E-state index contributed by atoms with van der Waals surface area (Å²) < 4.78 is 6.67. The van der Waals surface area contributed by atoms with Crippen molar-refractivity contribution in [1.82, 2.24) is 9.78 Å². The van der Waals surface area contributed by atoms with Gasteiger partial charge in [-0.1, -0.05) is 0 Å². The molecular formula is C24H30N6O4+2. The number of nitro groups is 1. The topological polar surface area (TPSA) is 124 Å². The quantitative estimate of drug-likeness (QED) is 0.246. The number of hydrogen-bond acceptors (Lipinski definition) is 5. The average Bonchev–Trinajstić information content (AvgIpc) is 3.21. The predicted octanol–water partition coefficient (Wildman–Crippen LogP) is 0.0203. The molecule has 178 valence electrons. The monoisotopic (exact) mass is 466 g/mol. The van der Waals surface area contributed by atoms with Crippen molar-refractivity contribution in [2.75, 3.05) is 46.4 Å². The lowest BCUT2D eigenvalue weighted by atomic mass is 10.1. The Morgan fingerprint density at radius 1 is 1.18 bits per heavy atom. The van der Waals surface area contributed by atoms with E-state index in [0.717, 1.165) is 44.0 Å². The van der Waals surface area contributed by atoms with Crippen LogP contribution in [-0.4, -0.2) is 66.8 Å². The normalized spacial score (nSPS) is 14.8. The Labute approximate surface area is 197 Å². The summed E-state index contributed by atoms with van der Waals surface area (Å²) in [5, 5.41) is 16.5. The summed E-state index contributed by atoms with van der Waals surface area (Å²) in [5.41, 5.74) is 2.85. The van der Waals surface area contributed by atoms with Crippen LogP contribution in [0.15, 0.2) is 58.3 Å². The second kappa shape index (κ2) is 10.4. The van der Waals surface area contributed by atoms with Gasteiger partial charge in [-0.05, 0) is 43.3 Å². The third kappa shape index (κ3) is 5.08. The van der Waals surface area contributed by atoms with Gasteiger partial charge in [0, 0.05) is 23.4 Å². The number of ether oxygens (including phenoxy) is 1.